The molecule has 138 valence electrons. The van der Waals surface area contributed by atoms with E-state index in [1.807, 2.05) is 26.0 Å². The standard InChI is InChI=1S/C20H25N3O3/c1-14-6-5-10-21-18(14)12-15(2)23-19(24)9-11-22-20(25)16-7-4-8-17(13-16)26-3/h4-8,10,13,15H,9,11-12H2,1-3H3,(H,22,25)(H,23,24)/t15-/m0/s1. The van der Waals surface area contributed by atoms with Crippen LogP contribution in [0.3, 0.4) is 0 Å². The molecule has 0 saturated heterocycles. The van der Waals surface area contributed by atoms with Gasteiger partial charge >= 0.3 is 0 Å². The number of carbonyl (C=O) groups excluding carboxylic acids is 2. The molecular formula is C20H25N3O3. The molecule has 0 saturated carbocycles. The largest absolute Gasteiger partial charge is 0.497 e. The summed E-state index contributed by atoms with van der Waals surface area (Å²) in [5.74, 6) is 0.292. The van der Waals surface area contributed by atoms with Crippen LogP contribution in [0.1, 0.15) is 35.0 Å². The second-order valence-electron chi connectivity index (χ2n) is 6.18. The maximum Gasteiger partial charge on any atom is 0.251 e. The second kappa shape index (κ2) is 9.56. The lowest BCUT2D eigenvalue weighted by Crippen LogP contribution is -2.36. The number of nitrogens with zero attached hydrogens (tertiary/aromatic N) is 1. The zero-order valence-corrected chi connectivity index (χ0v) is 15.4. The zero-order chi connectivity index (χ0) is 18.9. The quantitative estimate of drug-likeness (QED) is 0.761. The van der Waals surface area contributed by atoms with E-state index in [4.69, 9.17) is 4.74 Å². The average Bonchev–Trinajstić information content (AvgIpc) is 2.63. The Morgan fingerprint density at radius 3 is 2.77 bits per heavy atom. The van der Waals surface area contributed by atoms with E-state index < -0.39 is 0 Å². The molecule has 0 aliphatic carbocycles. The molecule has 6 nitrogen and oxygen atoms in total. The first kappa shape index (κ1) is 19.4. The van der Waals surface area contributed by atoms with Gasteiger partial charge in [-0.3, -0.25) is 14.6 Å². The summed E-state index contributed by atoms with van der Waals surface area (Å²) in [6.07, 6.45) is 2.65. The number of ether oxygens (including phenoxy) is 1. The van der Waals surface area contributed by atoms with Gasteiger partial charge in [0.25, 0.3) is 5.91 Å². The number of nitrogens with one attached hydrogen (secondary N) is 2. The van der Waals surface area contributed by atoms with Gasteiger partial charge in [-0.15, -0.1) is 0 Å². The molecule has 0 unspecified atom stereocenters. The van der Waals surface area contributed by atoms with E-state index in [0.717, 1.165) is 11.3 Å². The van der Waals surface area contributed by atoms with Gasteiger partial charge in [0.15, 0.2) is 0 Å². The summed E-state index contributed by atoms with van der Waals surface area (Å²) in [6.45, 7) is 4.23. The smallest absolute Gasteiger partial charge is 0.251 e. The maximum atomic E-state index is 12.1. The monoisotopic (exact) mass is 355 g/mol. The molecule has 2 rings (SSSR count). The molecule has 2 aromatic rings. The Morgan fingerprint density at radius 1 is 1.23 bits per heavy atom. The fourth-order valence-electron chi connectivity index (χ4n) is 2.58. The summed E-state index contributed by atoms with van der Waals surface area (Å²) in [6, 6.07) is 10.8. The molecule has 0 aliphatic heterocycles. The van der Waals surface area contributed by atoms with Crippen LogP contribution in [0.5, 0.6) is 5.75 Å². The summed E-state index contributed by atoms with van der Waals surface area (Å²) in [4.78, 5) is 28.5. The van der Waals surface area contributed by atoms with Crippen molar-refractivity contribution in [1.82, 2.24) is 15.6 Å². The van der Waals surface area contributed by atoms with E-state index in [1.165, 1.54) is 0 Å². The number of methoxy groups -OCH3 is 1. The van der Waals surface area contributed by atoms with Crippen LogP contribution in [-0.2, 0) is 11.2 Å². The minimum Gasteiger partial charge on any atom is -0.497 e. The number of rotatable bonds is 8. The summed E-state index contributed by atoms with van der Waals surface area (Å²) in [5, 5.41) is 5.68. The number of hydrogen-bond donors (Lipinski definition) is 2. The van der Waals surface area contributed by atoms with Gasteiger partial charge in [0, 0.05) is 42.9 Å². The fourth-order valence-corrected chi connectivity index (χ4v) is 2.58. The van der Waals surface area contributed by atoms with Crippen molar-refractivity contribution in [3.63, 3.8) is 0 Å². The SMILES string of the molecule is COc1cccc(C(=O)NCCC(=O)N[C@@H](C)Cc2ncccc2C)c1. The number of hydrogen-bond acceptors (Lipinski definition) is 4. The van der Waals surface area contributed by atoms with Crippen molar-refractivity contribution in [3.8, 4) is 5.75 Å². The lowest BCUT2D eigenvalue weighted by atomic mass is 10.1. The number of aromatic nitrogens is 1. The van der Waals surface area contributed by atoms with E-state index in [-0.39, 0.29) is 30.8 Å². The van der Waals surface area contributed by atoms with Crippen molar-refractivity contribution in [2.75, 3.05) is 13.7 Å². The predicted octanol–water partition coefficient (Wildman–Crippen LogP) is 2.27. The Morgan fingerprint density at radius 2 is 2.04 bits per heavy atom. The molecule has 0 aliphatic rings. The maximum absolute atomic E-state index is 12.1. The highest BCUT2D eigenvalue weighted by molar-refractivity contribution is 5.94. The fraction of sp³-hybridized carbons (Fsp3) is 0.350. The van der Waals surface area contributed by atoms with E-state index in [2.05, 4.69) is 15.6 Å². The van der Waals surface area contributed by atoms with Crippen molar-refractivity contribution in [3.05, 3.63) is 59.4 Å². The molecule has 6 heteroatoms. The number of amides is 2. The molecular weight excluding hydrogens is 330 g/mol. The number of pyridine rings is 1. The van der Waals surface area contributed by atoms with Gasteiger partial charge in [-0.25, -0.2) is 0 Å². The summed E-state index contributed by atoms with van der Waals surface area (Å²) < 4.78 is 5.10. The lowest BCUT2D eigenvalue weighted by Gasteiger charge is -2.15. The van der Waals surface area contributed by atoms with Crippen LogP contribution in [0, 0.1) is 6.92 Å². The van der Waals surface area contributed by atoms with Crippen molar-refractivity contribution in [2.24, 2.45) is 0 Å². The van der Waals surface area contributed by atoms with E-state index in [1.54, 1.807) is 37.6 Å². The zero-order valence-electron chi connectivity index (χ0n) is 15.4. The van der Waals surface area contributed by atoms with Gasteiger partial charge in [0.1, 0.15) is 5.75 Å². The predicted molar refractivity (Wildman–Crippen MR) is 100 cm³/mol. The van der Waals surface area contributed by atoms with Crippen LogP contribution in [0.4, 0.5) is 0 Å². The third kappa shape index (κ3) is 5.88. The van der Waals surface area contributed by atoms with Crippen molar-refractivity contribution in [1.29, 1.82) is 0 Å². The Hall–Kier alpha value is -2.89. The number of benzene rings is 1. The Kier molecular flexibility index (Phi) is 7.14. The molecule has 0 spiro atoms. The number of carbonyl (C=O) groups is 2. The molecule has 26 heavy (non-hydrogen) atoms. The first-order valence-corrected chi connectivity index (χ1v) is 8.61. The normalized spacial score (nSPS) is 11.5. The van der Waals surface area contributed by atoms with Gasteiger partial charge in [0.2, 0.25) is 5.91 Å². The number of aryl methyl sites for hydroxylation is 1. The summed E-state index contributed by atoms with van der Waals surface area (Å²) >= 11 is 0. The Bertz CT molecular complexity index is 761. The molecule has 0 fully saturated rings. The van der Waals surface area contributed by atoms with Gasteiger partial charge in [-0.2, -0.15) is 0 Å². The first-order valence-electron chi connectivity index (χ1n) is 8.61. The highest BCUT2D eigenvalue weighted by Gasteiger charge is 2.11. The van der Waals surface area contributed by atoms with E-state index in [9.17, 15) is 9.59 Å². The molecule has 0 radical (unpaired) electrons. The van der Waals surface area contributed by atoms with Crippen molar-refractivity contribution in [2.45, 2.75) is 32.7 Å². The summed E-state index contributed by atoms with van der Waals surface area (Å²) in [7, 11) is 1.55. The Labute approximate surface area is 154 Å². The van der Waals surface area contributed by atoms with Crippen LogP contribution >= 0.6 is 0 Å². The third-order valence-corrected chi connectivity index (χ3v) is 3.99. The third-order valence-electron chi connectivity index (χ3n) is 3.99. The molecule has 1 aromatic heterocycles. The second-order valence-corrected chi connectivity index (χ2v) is 6.18. The van der Waals surface area contributed by atoms with E-state index in [0.29, 0.717) is 17.7 Å². The van der Waals surface area contributed by atoms with Crippen LogP contribution in [0.25, 0.3) is 0 Å². The van der Waals surface area contributed by atoms with Gasteiger partial charge in [-0.05, 0) is 43.7 Å². The first-order chi connectivity index (χ1) is 12.5. The molecule has 0 bridgehead atoms. The minimum atomic E-state index is -0.228. The van der Waals surface area contributed by atoms with E-state index >= 15 is 0 Å². The molecule has 1 atom stereocenters. The van der Waals surface area contributed by atoms with Crippen molar-refractivity contribution < 1.29 is 14.3 Å². The van der Waals surface area contributed by atoms with Crippen LogP contribution < -0.4 is 15.4 Å². The molecule has 1 aromatic carbocycles. The lowest BCUT2D eigenvalue weighted by molar-refractivity contribution is -0.121. The van der Waals surface area contributed by atoms with Crippen LogP contribution in [0.15, 0.2) is 42.6 Å². The van der Waals surface area contributed by atoms with Gasteiger partial charge in [-0.1, -0.05) is 12.1 Å². The highest BCUT2D eigenvalue weighted by atomic mass is 16.5. The average molecular weight is 355 g/mol. The molecule has 1 heterocycles. The summed E-state index contributed by atoms with van der Waals surface area (Å²) in [5.41, 5.74) is 2.59. The van der Waals surface area contributed by atoms with Crippen LogP contribution in [-0.4, -0.2) is 36.5 Å². The Balaban J connectivity index is 1.74. The highest BCUT2D eigenvalue weighted by Crippen LogP contribution is 2.12. The minimum absolute atomic E-state index is 0.0230. The topological polar surface area (TPSA) is 80.3 Å². The van der Waals surface area contributed by atoms with Crippen LogP contribution in [0.2, 0.25) is 0 Å². The molecule has 2 amide bonds. The van der Waals surface area contributed by atoms with Crippen molar-refractivity contribution >= 4 is 11.8 Å². The van der Waals surface area contributed by atoms with Gasteiger partial charge in [0.05, 0.1) is 7.11 Å². The van der Waals surface area contributed by atoms with Gasteiger partial charge < -0.3 is 15.4 Å². The molecule has 2 N–H and O–H groups in total.